The Morgan fingerprint density at radius 3 is 2.76 bits per heavy atom. The van der Waals surface area contributed by atoms with Crippen molar-refractivity contribution in [2.45, 2.75) is 0 Å². The second kappa shape index (κ2) is 8.24. The zero-order valence-electron chi connectivity index (χ0n) is 15.0. The van der Waals surface area contributed by atoms with Gasteiger partial charge in [-0.15, -0.1) is 11.3 Å². The van der Waals surface area contributed by atoms with Crippen molar-refractivity contribution in [3.8, 4) is 17.0 Å². The third kappa shape index (κ3) is 4.27. The number of nitrogens with one attached hydrogen (secondary N) is 1. The number of anilines is 1. The highest BCUT2D eigenvalue weighted by molar-refractivity contribution is 7.14. The Labute approximate surface area is 179 Å². The summed E-state index contributed by atoms with van der Waals surface area (Å²) >= 11 is 13.5. The molecule has 0 radical (unpaired) electrons. The number of ether oxygens (including phenoxy) is 1. The van der Waals surface area contributed by atoms with E-state index >= 15 is 0 Å². The van der Waals surface area contributed by atoms with Gasteiger partial charge in [-0.1, -0.05) is 23.2 Å². The lowest BCUT2D eigenvalue weighted by atomic mass is 10.1. The van der Waals surface area contributed by atoms with E-state index in [0.717, 1.165) is 11.3 Å². The Hall–Kier alpha value is -2.87. The van der Waals surface area contributed by atoms with Gasteiger partial charge in [0.25, 0.3) is 0 Å². The topological polar surface area (TPSA) is 76.7 Å². The number of hydrazone groups is 1. The van der Waals surface area contributed by atoms with Crippen LogP contribution >= 0.6 is 34.5 Å². The van der Waals surface area contributed by atoms with Crippen LogP contribution in [0.2, 0.25) is 10.0 Å². The van der Waals surface area contributed by atoms with Crippen molar-refractivity contribution >= 4 is 56.9 Å². The van der Waals surface area contributed by atoms with E-state index in [1.807, 2.05) is 24.3 Å². The van der Waals surface area contributed by atoms with E-state index < -0.39 is 5.63 Å². The molecule has 0 fully saturated rings. The van der Waals surface area contributed by atoms with Crippen molar-refractivity contribution in [3.63, 3.8) is 0 Å². The normalized spacial score (nSPS) is 11.3. The van der Waals surface area contributed by atoms with Gasteiger partial charge in [-0.25, -0.2) is 9.78 Å². The van der Waals surface area contributed by atoms with Gasteiger partial charge in [0, 0.05) is 15.8 Å². The second-order valence-corrected chi connectivity index (χ2v) is 7.64. The van der Waals surface area contributed by atoms with Gasteiger partial charge in [0.2, 0.25) is 5.13 Å². The van der Waals surface area contributed by atoms with Crippen LogP contribution in [0.1, 0.15) is 5.56 Å². The Morgan fingerprint density at radius 1 is 1.21 bits per heavy atom. The van der Waals surface area contributed by atoms with Gasteiger partial charge in [-0.3, -0.25) is 5.43 Å². The van der Waals surface area contributed by atoms with E-state index in [2.05, 4.69) is 15.5 Å². The molecule has 0 aliphatic heterocycles. The number of hydrogen-bond acceptors (Lipinski definition) is 7. The molecule has 6 nitrogen and oxygen atoms in total. The van der Waals surface area contributed by atoms with Gasteiger partial charge in [-0.2, -0.15) is 5.10 Å². The molecule has 2 aromatic carbocycles. The summed E-state index contributed by atoms with van der Waals surface area (Å²) in [5.41, 5.74) is 4.32. The average molecular weight is 446 g/mol. The maximum Gasteiger partial charge on any atom is 0.345 e. The van der Waals surface area contributed by atoms with Crippen molar-refractivity contribution in [3.05, 3.63) is 73.9 Å². The van der Waals surface area contributed by atoms with Gasteiger partial charge in [-0.05, 0) is 48.0 Å². The molecule has 4 rings (SSSR count). The summed E-state index contributed by atoms with van der Waals surface area (Å²) in [7, 11) is 1.62. The van der Waals surface area contributed by atoms with E-state index in [1.54, 1.807) is 30.8 Å². The van der Waals surface area contributed by atoms with Gasteiger partial charge in [0.1, 0.15) is 5.75 Å². The molecule has 0 bridgehead atoms. The van der Waals surface area contributed by atoms with E-state index in [-0.39, 0.29) is 5.02 Å². The molecule has 0 atom stereocenters. The number of hydrogen-bond donors (Lipinski definition) is 1. The lowest BCUT2D eigenvalue weighted by Crippen LogP contribution is -2.03. The number of benzene rings is 2. The molecule has 0 aliphatic carbocycles. The minimum absolute atomic E-state index is 0.282. The fourth-order valence-corrected chi connectivity index (χ4v) is 3.84. The summed E-state index contributed by atoms with van der Waals surface area (Å²) < 4.78 is 10.5. The maximum atomic E-state index is 12.4. The fourth-order valence-electron chi connectivity index (χ4n) is 2.64. The average Bonchev–Trinajstić information content (AvgIpc) is 3.17. The van der Waals surface area contributed by atoms with Crippen LogP contribution in [0.5, 0.6) is 5.75 Å². The van der Waals surface area contributed by atoms with Crippen molar-refractivity contribution in [1.29, 1.82) is 0 Å². The number of halogens is 2. The number of aromatic nitrogens is 1. The summed E-state index contributed by atoms with van der Waals surface area (Å²) in [6, 6.07) is 12.3. The zero-order valence-corrected chi connectivity index (χ0v) is 17.3. The summed E-state index contributed by atoms with van der Waals surface area (Å²) in [4.78, 5) is 16.8. The molecule has 0 saturated heterocycles. The molecule has 2 heterocycles. The monoisotopic (exact) mass is 445 g/mol. The van der Waals surface area contributed by atoms with Crippen molar-refractivity contribution in [2.24, 2.45) is 5.10 Å². The van der Waals surface area contributed by atoms with E-state index in [1.165, 1.54) is 17.4 Å². The Morgan fingerprint density at radius 2 is 2.00 bits per heavy atom. The molecule has 29 heavy (non-hydrogen) atoms. The Balaban J connectivity index is 1.56. The van der Waals surface area contributed by atoms with Crippen LogP contribution in [0.25, 0.3) is 22.2 Å². The molecule has 9 heteroatoms. The minimum atomic E-state index is -0.527. The number of nitrogens with zero attached hydrogens (tertiary/aromatic N) is 2. The predicted molar refractivity (Wildman–Crippen MR) is 118 cm³/mol. The first kappa shape index (κ1) is 19.4. The summed E-state index contributed by atoms with van der Waals surface area (Å²) in [5, 5.41) is 7.81. The molecule has 0 aliphatic rings. The van der Waals surface area contributed by atoms with Crippen LogP contribution in [-0.4, -0.2) is 18.3 Å². The van der Waals surface area contributed by atoms with Crippen molar-refractivity contribution in [2.75, 3.05) is 12.5 Å². The fraction of sp³-hybridized carbons (Fsp3) is 0.0500. The van der Waals surface area contributed by atoms with Crippen LogP contribution in [0.4, 0.5) is 5.13 Å². The van der Waals surface area contributed by atoms with Crippen LogP contribution in [-0.2, 0) is 0 Å². The largest absolute Gasteiger partial charge is 0.497 e. The van der Waals surface area contributed by atoms with Crippen LogP contribution < -0.4 is 15.8 Å². The minimum Gasteiger partial charge on any atom is -0.497 e. The zero-order chi connectivity index (χ0) is 20.4. The first-order chi connectivity index (χ1) is 14.0. The van der Waals surface area contributed by atoms with Crippen molar-refractivity contribution in [1.82, 2.24) is 4.98 Å². The molecule has 146 valence electrons. The van der Waals surface area contributed by atoms with Gasteiger partial charge < -0.3 is 9.15 Å². The molecular weight excluding hydrogens is 433 g/mol. The smallest absolute Gasteiger partial charge is 0.345 e. The van der Waals surface area contributed by atoms with Crippen LogP contribution in [0, 0.1) is 0 Å². The predicted octanol–water partition coefficient (Wildman–Crippen LogP) is 5.68. The summed E-state index contributed by atoms with van der Waals surface area (Å²) in [6.45, 7) is 0. The molecule has 0 saturated carbocycles. The molecule has 4 aromatic rings. The number of methoxy groups -OCH3 is 1. The number of thiazole rings is 1. The third-order valence-electron chi connectivity index (χ3n) is 4.02. The van der Waals surface area contributed by atoms with E-state index in [4.69, 9.17) is 32.4 Å². The molecule has 2 aromatic heterocycles. The van der Waals surface area contributed by atoms with E-state index in [0.29, 0.717) is 32.4 Å². The van der Waals surface area contributed by atoms with E-state index in [9.17, 15) is 4.79 Å². The maximum absolute atomic E-state index is 12.4. The highest BCUT2D eigenvalue weighted by atomic mass is 35.5. The van der Waals surface area contributed by atoms with Crippen LogP contribution in [0.3, 0.4) is 0 Å². The second-order valence-electron chi connectivity index (χ2n) is 5.93. The molecule has 0 spiro atoms. The molecule has 0 unspecified atom stereocenters. The van der Waals surface area contributed by atoms with Gasteiger partial charge >= 0.3 is 5.63 Å². The molecular formula is C20H13Cl2N3O3S. The number of fused-ring (bicyclic) bond motifs is 1. The Bertz CT molecular complexity index is 1270. The quantitative estimate of drug-likeness (QED) is 0.243. The summed E-state index contributed by atoms with van der Waals surface area (Å²) in [6.07, 6.45) is 1.66. The SMILES string of the molecule is COc1ccc(C=NNc2nc(-c3cc4cc(Cl)cc(Cl)c4oc3=O)cs2)cc1. The van der Waals surface area contributed by atoms with Crippen molar-refractivity contribution < 1.29 is 9.15 Å². The highest BCUT2D eigenvalue weighted by Crippen LogP contribution is 2.30. The standard InChI is InChI=1S/C20H13Cl2N3O3S/c1-27-14-4-2-11(3-5-14)9-23-25-20-24-17(10-29-20)15-7-12-6-13(21)8-16(22)18(12)28-19(15)26/h2-10H,1H3,(H,24,25). The summed E-state index contributed by atoms with van der Waals surface area (Å²) in [5.74, 6) is 0.775. The van der Waals surface area contributed by atoms with Gasteiger partial charge in [0.05, 0.1) is 29.6 Å². The Kier molecular flexibility index (Phi) is 5.53. The lowest BCUT2D eigenvalue weighted by Gasteiger charge is -2.02. The first-order valence-electron chi connectivity index (χ1n) is 8.35. The number of rotatable bonds is 5. The lowest BCUT2D eigenvalue weighted by molar-refractivity contribution is 0.415. The molecule has 0 amide bonds. The highest BCUT2D eigenvalue weighted by Gasteiger charge is 2.13. The third-order valence-corrected chi connectivity index (χ3v) is 5.27. The molecule has 1 N–H and O–H groups in total. The van der Waals surface area contributed by atoms with Gasteiger partial charge in [0.15, 0.2) is 5.58 Å². The van der Waals surface area contributed by atoms with Crippen LogP contribution in [0.15, 0.2) is 62.2 Å². The first-order valence-corrected chi connectivity index (χ1v) is 9.99.